The predicted molar refractivity (Wildman–Crippen MR) is 147 cm³/mol. The Morgan fingerprint density at radius 2 is 1.36 bits per heavy atom. The Labute approximate surface area is 198 Å². The quantitative estimate of drug-likeness (QED) is 0.275. The summed E-state index contributed by atoms with van der Waals surface area (Å²) in [5.41, 5.74) is 12.1. The van der Waals surface area contributed by atoms with E-state index in [4.69, 9.17) is 0 Å². The van der Waals surface area contributed by atoms with E-state index in [1.165, 1.54) is 49.7 Å². The molecule has 0 spiro atoms. The zero-order chi connectivity index (χ0) is 23.5. The average Bonchev–Trinajstić information content (AvgIpc) is 2.80. The van der Waals surface area contributed by atoms with Gasteiger partial charge in [0, 0.05) is 0 Å². The molecule has 33 heavy (non-hydrogen) atoms. The van der Waals surface area contributed by atoms with Crippen LogP contribution in [0.3, 0.4) is 0 Å². The van der Waals surface area contributed by atoms with Crippen LogP contribution in [0.5, 0.6) is 0 Å². The van der Waals surface area contributed by atoms with Crippen molar-refractivity contribution in [1.29, 1.82) is 0 Å². The first kappa shape index (κ1) is 22.6. The molecule has 164 valence electrons. The first-order valence-electron chi connectivity index (χ1n) is 11.5. The number of hydrogen-bond acceptors (Lipinski definition) is 0. The molecule has 0 saturated heterocycles. The Morgan fingerprint density at radius 1 is 0.667 bits per heavy atom. The van der Waals surface area contributed by atoms with Gasteiger partial charge < -0.3 is 0 Å². The van der Waals surface area contributed by atoms with Crippen LogP contribution in [0.4, 0.5) is 0 Å². The maximum Gasteiger partial charge on any atom is -0.00167 e. The van der Waals surface area contributed by atoms with E-state index in [2.05, 4.69) is 119 Å². The fourth-order valence-corrected chi connectivity index (χ4v) is 4.41. The summed E-state index contributed by atoms with van der Waals surface area (Å²) < 4.78 is 0. The largest absolute Gasteiger partial charge is 0.0955 e. The lowest BCUT2D eigenvalue weighted by Gasteiger charge is -2.16. The molecule has 0 heteroatoms. The van der Waals surface area contributed by atoms with E-state index in [0.717, 1.165) is 29.6 Å². The SMILES string of the molecule is C=C(C)c1ccc(C)c(Cc2cc(C(=C)Cc3ccc4ccccc4c3)ccc2C(=C)C)c1. The molecule has 0 aromatic heterocycles. The first-order valence-corrected chi connectivity index (χ1v) is 11.5. The second kappa shape index (κ2) is 9.46. The highest BCUT2D eigenvalue weighted by Gasteiger charge is 2.11. The van der Waals surface area contributed by atoms with Crippen LogP contribution in [0.1, 0.15) is 52.8 Å². The number of aryl methyl sites for hydroxylation is 1. The maximum absolute atomic E-state index is 4.44. The highest BCUT2D eigenvalue weighted by atomic mass is 14.2. The van der Waals surface area contributed by atoms with Gasteiger partial charge in [-0.05, 0) is 88.9 Å². The molecule has 0 radical (unpaired) electrons. The van der Waals surface area contributed by atoms with Crippen LogP contribution in [-0.2, 0) is 12.8 Å². The van der Waals surface area contributed by atoms with Gasteiger partial charge in [0.05, 0.1) is 0 Å². The maximum atomic E-state index is 4.44. The summed E-state index contributed by atoms with van der Waals surface area (Å²) >= 11 is 0. The molecule has 0 aliphatic carbocycles. The Balaban J connectivity index is 1.65. The molecular weight excluding hydrogens is 396 g/mol. The van der Waals surface area contributed by atoms with Crippen molar-refractivity contribution in [2.75, 3.05) is 0 Å². The van der Waals surface area contributed by atoms with Crippen molar-refractivity contribution >= 4 is 27.5 Å². The minimum Gasteiger partial charge on any atom is -0.0955 e. The zero-order valence-electron chi connectivity index (χ0n) is 20.0. The van der Waals surface area contributed by atoms with Gasteiger partial charge >= 0.3 is 0 Å². The molecule has 0 amide bonds. The fraction of sp³-hybridized carbons (Fsp3) is 0.152. The van der Waals surface area contributed by atoms with Crippen molar-refractivity contribution in [1.82, 2.24) is 0 Å². The fourth-order valence-electron chi connectivity index (χ4n) is 4.41. The molecule has 4 aromatic carbocycles. The highest BCUT2D eigenvalue weighted by Crippen LogP contribution is 2.29. The van der Waals surface area contributed by atoms with Gasteiger partial charge in [0.25, 0.3) is 0 Å². The molecule has 0 saturated carbocycles. The molecule has 0 nitrogen and oxygen atoms in total. The van der Waals surface area contributed by atoms with Gasteiger partial charge in [0.2, 0.25) is 0 Å². The van der Waals surface area contributed by atoms with Crippen LogP contribution in [0.25, 0.3) is 27.5 Å². The van der Waals surface area contributed by atoms with E-state index in [9.17, 15) is 0 Å². The third-order valence-corrected chi connectivity index (χ3v) is 6.43. The number of allylic oxidation sites excluding steroid dienone is 3. The third kappa shape index (κ3) is 5.07. The van der Waals surface area contributed by atoms with Crippen molar-refractivity contribution in [3.63, 3.8) is 0 Å². The standard InChI is InChI=1S/C33H32/c1-22(2)28-13-11-24(5)31(19-28)21-32-20-29(15-16-33(32)23(3)4)25(6)17-26-12-14-27-9-7-8-10-30(27)18-26/h7-16,18-20H,1,3,6,17,21H2,2,4-5H3. The zero-order valence-corrected chi connectivity index (χ0v) is 20.0. The Hall–Kier alpha value is -3.64. The Bertz CT molecular complexity index is 1380. The molecule has 0 bridgehead atoms. The lowest BCUT2D eigenvalue weighted by Crippen LogP contribution is -2.00. The summed E-state index contributed by atoms with van der Waals surface area (Å²) in [4.78, 5) is 0. The lowest BCUT2D eigenvalue weighted by molar-refractivity contribution is 1.14. The highest BCUT2D eigenvalue weighted by molar-refractivity contribution is 5.83. The summed E-state index contributed by atoms with van der Waals surface area (Å²) in [7, 11) is 0. The second-order valence-electron chi connectivity index (χ2n) is 9.21. The molecule has 0 unspecified atom stereocenters. The van der Waals surface area contributed by atoms with Crippen molar-refractivity contribution in [3.05, 3.63) is 138 Å². The van der Waals surface area contributed by atoms with Crippen LogP contribution in [0.2, 0.25) is 0 Å². The number of rotatable bonds is 7. The number of hydrogen-bond donors (Lipinski definition) is 0. The van der Waals surface area contributed by atoms with E-state index in [-0.39, 0.29) is 0 Å². The molecule has 4 rings (SSSR count). The van der Waals surface area contributed by atoms with Gasteiger partial charge in [0.1, 0.15) is 0 Å². The van der Waals surface area contributed by atoms with Gasteiger partial charge in [-0.2, -0.15) is 0 Å². The van der Waals surface area contributed by atoms with Crippen LogP contribution in [0, 0.1) is 6.92 Å². The number of fused-ring (bicyclic) bond motifs is 1. The average molecular weight is 429 g/mol. The van der Waals surface area contributed by atoms with E-state index < -0.39 is 0 Å². The van der Waals surface area contributed by atoms with Gasteiger partial charge in [0.15, 0.2) is 0 Å². The predicted octanol–water partition coefficient (Wildman–Crippen LogP) is 9.06. The molecule has 0 aliphatic rings. The minimum absolute atomic E-state index is 0.834. The molecule has 0 fully saturated rings. The summed E-state index contributed by atoms with van der Waals surface area (Å²) in [6.07, 6.45) is 1.70. The van der Waals surface area contributed by atoms with Crippen molar-refractivity contribution in [3.8, 4) is 0 Å². The lowest BCUT2D eigenvalue weighted by atomic mass is 9.89. The summed E-state index contributed by atoms with van der Waals surface area (Å²) in [5.74, 6) is 0. The summed E-state index contributed by atoms with van der Waals surface area (Å²) in [5, 5.41) is 2.54. The molecule has 0 heterocycles. The Kier molecular flexibility index (Phi) is 6.47. The number of benzene rings is 4. The molecule has 0 atom stereocenters. The Morgan fingerprint density at radius 3 is 2.09 bits per heavy atom. The van der Waals surface area contributed by atoms with E-state index >= 15 is 0 Å². The topological polar surface area (TPSA) is 0 Å². The third-order valence-electron chi connectivity index (χ3n) is 6.43. The first-order chi connectivity index (χ1) is 15.8. The van der Waals surface area contributed by atoms with Crippen molar-refractivity contribution in [2.45, 2.75) is 33.6 Å². The molecular formula is C33H32. The molecule has 0 N–H and O–H groups in total. The van der Waals surface area contributed by atoms with Crippen LogP contribution in [-0.4, -0.2) is 0 Å². The molecule has 0 aliphatic heterocycles. The van der Waals surface area contributed by atoms with Gasteiger partial charge in [-0.25, -0.2) is 0 Å². The van der Waals surface area contributed by atoms with Crippen LogP contribution in [0.15, 0.2) is 98.6 Å². The van der Waals surface area contributed by atoms with E-state index in [1.807, 2.05) is 0 Å². The minimum atomic E-state index is 0.834. The van der Waals surface area contributed by atoms with E-state index in [1.54, 1.807) is 0 Å². The summed E-state index contributed by atoms with van der Waals surface area (Å²) in [6.45, 7) is 19.1. The van der Waals surface area contributed by atoms with Crippen LogP contribution < -0.4 is 0 Å². The van der Waals surface area contributed by atoms with Gasteiger partial charge in [-0.3, -0.25) is 0 Å². The summed E-state index contributed by atoms with van der Waals surface area (Å²) in [6, 6.07) is 28.5. The normalized spacial score (nSPS) is 10.9. The second-order valence-corrected chi connectivity index (χ2v) is 9.21. The van der Waals surface area contributed by atoms with Crippen molar-refractivity contribution in [2.24, 2.45) is 0 Å². The molecule has 4 aromatic rings. The van der Waals surface area contributed by atoms with Crippen molar-refractivity contribution < 1.29 is 0 Å². The van der Waals surface area contributed by atoms with E-state index in [0.29, 0.717) is 0 Å². The van der Waals surface area contributed by atoms with Crippen LogP contribution >= 0.6 is 0 Å². The smallest absolute Gasteiger partial charge is 0.00167 e. The van der Waals surface area contributed by atoms with Gasteiger partial charge in [-0.1, -0.05) is 110 Å². The van der Waals surface area contributed by atoms with Gasteiger partial charge in [-0.15, -0.1) is 0 Å². The monoisotopic (exact) mass is 428 g/mol.